The first-order chi connectivity index (χ1) is 14.2. The van der Waals surface area contributed by atoms with Crippen molar-refractivity contribution < 1.29 is 0 Å². The number of hydrogen-bond donors (Lipinski definition) is 2. The monoisotopic (exact) mass is 397 g/mol. The first-order valence-corrected chi connectivity index (χ1v) is 10.9. The van der Waals surface area contributed by atoms with Crippen molar-refractivity contribution in [1.82, 2.24) is 30.3 Å². The average molecular weight is 398 g/mol. The van der Waals surface area contributed by atoms with Gasteiger partial charge in [0, 0.05) is 44.8 Å². The van der Waals surface area contributed by atoms with E-state index in [2.05, 4.69) is 69.9 Å². The summed E-state index contributed by atoms with van der Waals surface area (Å²) in [7, 11) is 0. The summed E-state index contributed by atoms with van der Waals surface area (Å²) in [5.74, 6) is 0.950. The summed E-state index contributed by atoms with van der Waals surface area (Å²) in [4.78, 5) is 7.36. The van der Waals surface area contributed by atoms with Crippen LogP contribution in [0.15, 0.2) is 48.0 Å². The Hall–Kier alpha value is -2.41. The second kappa shape index (κ2) is 11.6. The van der Waals surface area contributed by atoms with Crippen LogP contribution in [-0.2, 0) is 13.1 Å². The lowest BCUT2D eigenvalue weighted by molar-refractivity contribution is 0.134. The Morgan fingerprint density at radius 2 is 1.97 bits per heavy atom. The average Bonchev–Trinajstić information content (AvgIpc) is 3.24. The van der Waals surface area contributed by atoms with Crippen molar-refractivity contribution in [2.75, 3.05) is 19.6 Å². The number of nitrogens with zero attached hydrogens (tertiary/aromatic N) is 5. The summed E-state index contributed by atoms with van der Waals surface area (Å²) in [6, 6.07) is 11.8. The molecule has 7 heteroatoms. The number of aliphatic imine (C=N–C) groups is 1. The van der Waals surface area contributed by atoms with Gasteiger partial charge in [0.25, 0.3) is 0 Å². The molecule has 0 radical (unpaired) electrons. The van der Waals surface area contributed by atoms with E-state index in [1.807, 2.05) is 4.57 Å². The first-order valence-electron chi connectivity index (χ1n) is 10.9. The van der Waals surface area contributed by atoms with Crippen LogP contribution in [0.1, 0.15) is 45.1 Å². The normalized spacial score (nSPS) is 20.6. The van der Waals surface area contributed by atoms with Crippen molar-refractivity contribution in [3.05, 3.63) is 48.5 Å². The second-order valence-corrected chi connectivity index (χ2v) is 7.84. The smallest absolute Gasteiger partial charge is 0.191 e. The molecule has 1 aliphatic heterocycles. The third kappa shape index (κ3) is 7.16. The van der Waals surface area contributed by atoms with Crippen LogP contribution in [0.3, 0.4) is 0 Å². The minimum atomic E-state index is 0.479. The van der Waals surface area contributed by atoms with Gasteiger partial charge in [-0.3, -0.25) is 9.89 Å². The predicted octanol–water partition coefficient (Wildman–Crippen LogP) is 2.67. The zero-order valence-corrected chi connectivity index (χ0v) is 17.8. The molecule has 2 unspecified atom stereocenters. The summed E-state index contributed by atoms with van der Waals surface area (Å²) in [5.41, 5.74) is 1.40. The SMILES string of the molecule is CCNC(=NCCCCn1cnnc1)NC1CCN(Cc2ccccc2)C(C)C1. The molecule has 0 saturated carbocycles. The van der Waals surface area contributed by atoms with Gasteiger partial charge in [-0.1, -0.05) is 30.3 Å². The van der Waals surface area contributed by atoms with Gasteiger partial charge in [0.1, 0.15) is 12.7 Å². The molecule has 2 heterocycles. The fraction of sp³-hybridized carbons (Fsp3) is 0.591. The van der Waals surface area contributed by atoms with Crippen molar-refractivity contribution in [3.8, 4) is 0 Å². The fourth-order valence-corrected chi connectivity index (χ4v) is 3.85. The van der Waals surface area contributed by atoms with Gasteiger partial charge in [-0.15, -0.1) is 10.2 Å². The Kier molecular flexibility index (Phi) is 8.49. The summed E-state index contributed by atoms with van der Waals surface area (Å²) in [6.45, 7) is 9.28. The topological polar surface area (TPSA) is 70.4 Å². The van der Waals surface area contributed by atoms with Crippen molar-refractivity contribution in [1.29, 1.82) is 0 Å². The third-order valence-corrected chi connectivity index (χ3v) is 5.49. The highest BCUT2D eigenvalue weighted by Crippen LogP contribution is 2.19. The van der Waals surface area contributed by atoms with Gasteiger partial charge in [-0.05, 0) is 45.1 Å². The number of piperidine rings is 1. The number of nitrogens with one attached hydrogen (secondary N) is 2. The summed E-state index contributed by atoms with van der Waals surface area (Å²) in [5, 5.41) is 14.7. The Balaban J connectivity index is 1.41. The van der Waals surface area contributed by atoms with Gasteiger partial charge in [0.2, 0.25) is 0 Å². The van der Waals surface area contributed by atoms with Crippen molar-refractivity contribution >= 4 is 5.96 Å². The summed E-state index contributed by atoms with van der Waals surface area (Å²) >= 11 is 0. The number of hydrogen-bond acceptors (Lipinski definition) is 4. The molecule has 2 aromatic rings. The molecule has 1 saturated heterocycles. The fourth-order valence-electron chi connectivity index (χ4n) is 3.85. The van der Waals surface area contributed by atoms with E-state index < -0.39 is 0 Å². The van der Waals surface area contributed by atoms with Gasteiger partial charge in [0.15, 0.2) is 5.96 Å². The van der Waals surface area contributed by atoms with E-state index >= 15 is 0 Å². The molecule has 0 bridgehead atoms. The Labute approximate surface area is 174 Å². The van der Waals surface area contributed by atoms with Crippen molar-refractivity contribution in [3.63, 3.8) is 0 Å². The minimum absolute atomic E-state index is 0.479. The molecule has 1 aromatic carbocycles. The molecule has 0 amide bonds. The standard InChI is InChI=1S/C22H35N7/c1-3-23-22(24-12-7-8-13-28-17-25-26-18-28)27-21-11-14-29(19(2)15-21)16-20-9-5-4-6-10-20/h4-6,9-10,17-19,21H,3,7-8,11-16H2,1-2H3,(H2,23,24,27). The molecule has 2 N–H and O–H groups in total. The van der Waals surface area contributed by atoms with Crippen LogP contribution in [0, 0.1) is 0 Å². The minimum Gasteiger partial charge on any atom is -0.357 e. The molecule has 1 aliphatic rings. The maximum Gasteiger partial charge on any atom is 0.191 e. The van der Waals surface area contributed by atoms with E-state index in [0.29, 0.717) is 12.1 Å². The molecule has 1 fully saturated rings. The number of guanidine groups is 1. The highest BCUT2D eigenvalue weighted by Gasteiger charge is 2.25. The van der Waals surface area contributed by atoms with Crippen LogP contribution in [-0.4, -0.2) is 57.3 Å². The maximum absolute atomic E-state index is 4.78. The molecular weight excluding hydrogens is 362 g/mol. The molecule has 0 aliphatic carbocycles. The van der Waals surface area contributed by atoms with Gasteiger partial charge in [0.05, 0.1) is 0 Å². The number of likely N-dealkylation sites (tertiary alicyclic amines) is 1. The quantitative estimate of drug-likeness (QED) is 0.387. The van der Waals surface area contributed by atoms with Crippen LogP contribution in [0.2, 0.25) is 0 Å². The van der Waals surface area contributed by atoms with E-state index in [1.165, 1.54) is 5.56 Å². The highest BCUT2D eigenvalue weighted by atomic mass is 15.2. The van der Waals surface area contributed by atoms with Crippen molar-refractivity contribution in [2.45, 2.75) is 64.7 Å². The maximum atomic E-state index is 4.78. The molecule has 2 atom stereocenters. The largest absolute Gasteiger partial charge is 0.357 e. The molecule has 7 nitrogen and oxygen atoms in total. The lowest BCUT2D eigenvalue weighted by Gasteiger charge is -2.38. The van der Waals surface area contributed by atoms with Crippen LogP contribution < -0.4 is 10.6 Å². The molecule has 1 aromatic heterocycles. The van der Waals surface area contributed by atoms with Crippen LogP contribution in [0.4, 0.5) is 0 Å². The van der Waals surface area contributed by atoms with E-state index in [9.17, 15) is 0 Å². The second-order valence-electron chi connectivity index (χ2n) is 7.84. The van der Waals surface area contributed by atoms with Crippen molar-refractivity contribution in [2.24, 2.45) is 4.99 Å². The number of rotatable bonds is 9. The number of aryl methyl sites for hydroxylation is 1. The van der Waals surface area contributed by atoms with E-state index in [1.54, 1.807) is 12.7 Å². The summed E-state index contributed by atoms with van der Waals surface area (Å²) in [6.07, 6.45) is 7.96. The molecule has 158 valence electrons. The Bertz CT molecular complexity index is 714. The Morgan fingerprint density at radius 1 is 1.17 bits per heavy atom. The summed E-state index contributed by atoms with van der Waals surface area (Å²) < 4.78 is 2.01. The zero-order valence-electron chi connectivity index (χ0n) is 17.8. The predicted molar refractivity (Wildman–Crippen MR) is 118 cm³/mol. The van der Waals surface area contributed by atoms with Crippen LogP contribution >= 0.6 is 0 Å². The zero-order chi connectivity index (χ0) is 20.3. The first kappa shape index (κ1) is 21.3. The third-order valence-electron chi connectivity index (χ3n) is 5.49. The van der Waals surface area contributed by atoms with E-state index in [-0.39, 0.29) is 0 Å². The number of aromatic nitrogens is 3. The molecule has 3 rings (SSSR count). The number of benzene rings is 1. The molecule has 29 heavy (non-hydrogen) atoms. The van der Waals surface area contributed by atoms with Gasteiger partial charge in [-0.25, -0.2) is 0 Å². The van der Waals surface area contributed by atoms with E-state index in [4.69, 9.17) is 4.99 Å². The van der Waals surface area contributed by atoms with E-state index in [0.717, 1.165) is 64.4 Å². The lowest BCUT2D eigenvalue weighted by atomic mass is 9.97. The van der Waals surface area contributed by atoms with Gasteiger partial charge in [-0.2, -0.15) is 0 Å². The highest BCUT2D eigenvalue weighted by molar-refractivity contribution is 5.80. The molecule has 0 spiro atoms. The lowest BCUT2D eigenvalue weighted by Crippen LogP contribution is -2.51. The number of unbranched alkanes of at least 4 members (excludes halogenated alkanes) is 1. The molecular formula is C22H35N7. The van der Waals surface area contributed by atoms with Gasteiger partial charge < -0.3 is 15.2 Å². The van der Waals surface area contributed by atoms with Gasteiger partial charge >= 0.3 is 0 Å². The van der Waals surface area contributed by atoms with Crippen LogP contribution in [0.25, 0.3) is 0 Å². The van der Waals surface area contributed by atoms with Crippen LogP contribution in [0.5, 0.6) is 0 Å². The Morgan fingerprint density at radius 3 is 2.69 bits per heavy atom.